The van der Waals surface area contributed by atoms with E-state index < -0.39 is 24.7 Å². The van der Waals surface area contributed by atoms with Crippen molar-refractivity contribution in [3.8, 4) is 0 Å². The van der Waals surface area contributed by atoms with Gasteiger partial charge in [0.05, 0.1) is 0 Å². The molecule has 3 aromatic rings. The zero-order chi connectivity index (χ0) is 17.5. The first-order chi connectivity index (χ1) is 11.3. The van der Waals surface area contributed by atoms with Crippen molar-refractivity contribution < 1.29 is 12.9 Å². The molecule has 0 spiro atoms. The van der Waals surface area contributed by atoms with Gasteiger partial charge in [0.15, 0.2) is 0 Å². The standard InChI is InChI=1S/C17H19AsN2O3S/c1-11-12(2)19-23-17(11)20-24(21,22)16-10-6-7-13-14(16)8-5-9-15(13)18(3)4/h5-10,20H,1-4H3. The van der Waals surface area contributed by atoms with Crippen molar-refractivity contribution >= 4 is 45.7 Å². The van der Waals surface area contributed by atoms with E-state index in [1.54, 1.807) is 26.0 Å². The number of fused-ring (bicyclic) bond motifs is 1. The van der Waals surface area contributed by atoms with E-state index in [9.17, 15) is 8.42 Å². The van der Waals surface area contributed by atoms with E-state index in [1.807, 2.05) is 18.2 Å². The van der Waals surface area contributed by atoms with Crippen LogP contribution in [0.5, 0.6) is 0 Å². The Balaban J connectivity index is 2.15. The van der Waals surface area contributed by atoms with Gasteiger partial charge in [-0.1, -0.05) is 0 Å². The zero-order valence-electron chi connectivity index (χ0n) is 14.0. The van der Waals surface area contributed by atoms with Crippen LogP contribution in [0.2, 0.25) is 11.4 Å². The molecular weight excluding hydrogens is 387 g/mol. The number of nitrogens with zero attached hydrogens (tertiary/aromatic N) is 1. The van der Waals surface area contributed by atoms with Crippen molar-refractivity contribution in [3.05, 3.63) is 47.7 Å². The summed E-state index contributed by atoms with van der Waals surface area (Å²) in [6.45, 7) is 3.55. The van der Waals surface area contributed by atoms with Crippen molar-refractivity contribution in [1.82, 2.24) is 5.16 Å². The Morgan fingerprint density at radius 1 is 1.04 bits per heavy atom. The number of hydrogen-bond acceptors (Lipinski definition) is 4. The molecule has 0 saturated heterocycles. The molecule has 0 aliphatic rings. The molecule has 0 bridgehead atoms. The number of nitrogens with one attached hydrogen (secondary N) is 1. The SMILES string of the molecule is Cc1noc(NS(=O)(=O)c2cccc3c([As](C)C)cccc23)c1C. The monoisotopic (exact) mass is 406 g/mol. The molecule has 7 heteroatoms. The number of benzene rings is 2. The Bertz CT molecular complexity index is 1010. The second-order valence-corrected chi connectivity index (χ2v) is 12.3. The van der Waals surface area contributed by atoms with E-state index in [2.05, 4.69) is 27.4 Å². The van der Waals surface area contributed by atoms with E-state index in [1.165, 1.54) is 4.35 Å². The average Bonchev–Trinajstić information content (AvgIpc) is 2.85. The number of rotatable bonds is 4. The van der Waals surface area contributed by atoms with Crippen LogP contribution in [0.25, 0.3) is 10.8 Å². The van der Waals surface area contributed by atoms with Crippen molar-refractivity contribution in [1.29, 1.82) is 0 Å². The molecule has 0 radical (unpaired) electrons. The third kappa shape index (κ3) is 2.96. The molecule has 1 heterocycles. The first kappa shape index (κ1) is 17.1. The molecule has 24 heavy (non-hydrogen) atoms. The quantitative estimate of drug-likeness (QED) is 0.676. The molecule has 126 valence electrons. The zero-order valence-corrected chi connectivity index (χ0v) is 16.7. The average molecular weight is 406 g/mol. The molecule has 0 unspecified atom stereocenters. The van der Waals surface area contributed by atoms with Gasteiger partial charge in [-0.15, -0.1) is 0 Å². The van der Waals surface area contributed by atoms with E-state index in [0.717, 1.165) is 10.8 Å². The minimum absolute atomic E-state index is 0.166. The van der Waals surface area contributed by atoms with E-state index in [4.69, 9.17) is 4.52 Å². The summed E-state index contributed by atoms with van der Waals surface area (Å²) >= 11 is -1.14. The molecule has 0 aliphatic heterocycles. The van der Waals surface area contributed by atoms with E-state index in [-0.39, 0.29) is 10.8 Å². The second kappa shape index (κ2) is 6.26. The third-order valence-electron chi connectivity index (χ3n) is 4.01. The molecule has 0 aliphatic carbocycles. The van der Waals surface area contributed by atoms with E-state index >= 15 is 0 Å². The third-order valence-corrected chi connectivity index (χ3v) is 8.24. The summed E-state index contributed by atoms with van der Waals surface area (Å²) in [5.41, 5.74) is 5.83. The summed E-state index contributed by atoms with van der Waals surface area (Å²) in [5, 5.41) is 5.54. The van der Waals surface area contributed by atoms with Gasteiger partial charge in [-0.3, -0.25) is 0 Å². The number of anilines is 1. The van der Waals surface area contributed by atoms with Crippen LogP contribution < -0.4 is 9.07 Å². The van der Waals surface area contributed by atoms with Gasteiger partial charge in [0, 0.05) is 0 Å². The molecular formula is C17H19AsN2O3S. The first-order valence-corrected chi connectivity index (χ1v) is 13.6. The molecule has 1 N–H and O–H groups in total. The van der Waals surface area contributed by atoms with Crippen LogP contribution in [-0.2, 0) is 10.0 Å². The van der Waals surface area contributed by atoms with Crippen molar-refractivity contribution in [2.24, 2.45) is 0 Å². The van der Waals surface area contributed by atoms with Gasteiger partial charge < -0.3 is 0 Å². The van der Waals surface area contributed by atoms with Crippen LogP contribution in [0.15, 0.2) is 45.8 Å². The van der Waals surface area contributed by atoms with Crippen LogP contribution in [0.1, 0.15) is 11.3 Å². The fourth-order valence-corrected chi connectivity index (χ4v) is 6.07. The molecule has 5 nitrogen and oxygen atoms in total. The molecule has 1 aromatic heterocycles. The predicted molar refractivity (Wildman–Crippen MR) is 97.8 cm³/mol. The van der Waals surface area contributed by atoms with Crippen LogP contribution >= 0.6 is 0 Å². The summed E-state index contributed by atoms with van der Waals surface area (Å²) in [4.78, 5) is 0.256. The van der Waals surface area contributed by atoms with Gasteiger partial charge >= 0.3 is 146 Å². The summed E-state index contributed by atoms with van der Waals surface area (Å²) < 4.78 is 34.6. The molecule has 3 rings (SSSR count). The van der Waals surface area contributed by atoms with Gasteiger partial charge in [-0.05, 0) is 0 Å². The first-order valence-electron chi connectivity index (χ1n) is 7.46. The maximum absolute atomic E-state index is 12.9. The predicted octanol–water partition coefficient (Wildman–Crippen LogP) is 3.21. The van der Waals surface area contributed by atoms with Gasteiger partial charge in [-0.25, -0.2) is 0 Å². The van der Waals surface area contributed by atoms with Crippen LogP contribution in [-0.4, -0.2) is 28.2 Å². The second-order valence-electron chi connectivity index (χ2n) is 5.85. The van der Waals surface area contributed by atoms with Crippen LogP contribution in [0, 0.1) is 13.8 Å². The number of hydrogen-bond donors (Lipinski definition) is 1. The Hall–Kier alpha value is -1.78. The number of sulfonamides is 1. The molecule has 0 fully saturated rings. The summed E-state index contributed by atoms with van der Waals surface area (Å²) in [6.07, 6.45) is 0. The fraction of sp³-hybridized carbons (Fsp3) is 0.235. The van der Waals surface area contributed by atoms with Gasteiger partial charge in [0.2, 0.25) is 0 Å². The van der Waals surface area contributed by atoms with Crippen molar-refractivity contribution in [2.45, 2.75) is 30.2 Å². The fourth-order valence-electron chi connectivity index (χ4n) is 2.58. The number of aromatic nitrogens is 1. The Morgan fingerprint density at radius 3 is 2.33 bits per heavy atom. The molecule has 0 amide bonds. The molecule has 0 saturated carbocycles. The van der Waals surface area contributed by atoms with Gasteiger partial charge in [0.25, 0.3) is 0 Å². The maximum atomic E-state index is 12.9. The topological polar surface area (TPSA) is 72.2 Å². The Labute approximate surface area is 146 Å². The van der Waals surface area contributed by atoms with Crippen molar-refractivity contribution in [2.75, 3.05) is 4.72 Å². The Kier molecular flexibility index (Phi) is 4.45. The summed E-state index contributed by atoms with van der Waals surface area (Å²) in [6, 6.07) is 11.3. The van der Waals surface area contributed by atoms with Gasteiger partial charge in [-0.2, -0.15) is 0 Å². The Morgan fingerprint density at radius 2 is 1.71 bits per heavy atom. The minimum atomic E-state index is -3.76. The molecule has 0 atom stereocenters. The van der Waals surface area contributed by atoms with Crippen molar-refractivity contribution in [3.63, 3.8) is 0 Å². The van der Waals surface area contributed by atoms with Gasteiger partial charge in [0.1, 0.15) is 0 Å². The summed E-state index contributed by atoms with van der Waals surface area (Å²) in [7, 11) is -3.76. The van der Waals surface area contributed by atoms with Crippen LogP contribution in [0.3, 0.4) is 0 Å². The number of aryl methyl sites for hydroxylation is 1. The molecule has 2 aromatic carbocycles. The van der Waals surface area contributed by atoms with Crippen LogP contribution in [0.4, 0.5) is 5.88 Å². The van der Waals surface area contributed by atoms with E-state index in [0.29, 0.717) is 11.3 Å². The summed E-state index contributed by atoms with van der Waals surface area (Å²) in [5.74, 6) is 0.166. The normalized spacial score (nSPS) is 12.0.